The fourth-order valence-electron chi connectivity index (χ4n) is 2.94. The van der Waals surface area contributed by atoms with E-state index in [1.807, 2.05) is 0 Å². The van der Waals surface area contributed by atoms with E-state index in [1.54, 1.807) is 31.3 Å². The highest BCUT2D eigenvalue weighted by Crippen LogP contribution is 2.22. The lowest BCUT2D eigenvalue weighted by atomic mass is 10.1. The predicted molar refractivity (Wildman–Crippen MR) is 117 cm³/mol. The van der Waals surface area contributed by atoms with Crippen LogP contribution in [0.25, 0.3) is 0 Å². The number of sulfonamides is 1. The Labute approximate surface area is 185 Å². The molecule has 1 N–H and O–H groups in total. The summed E-state index contributed by atoms with van der Waals surface area (Å²) in [7, 11) is -1.00. The number of ether oxygens (including phenoxy) is 1. The molecule has 9 heteroatoms. The molecule has 0 aliphatic heterocycles. The molecule has 0 saturated carbocycles. The van der Waals surface area contributed by atoms with Crippen molar-refractivity contribution in [1.29, 1.82) is 0 Å². The molecule has 0 unspecified atom stereocenters. The monoisotopic (exact) mass is 462 g/mol. The number of benzene rings is 3. The van der Waals surface area contributed by atoms with Gasteiger partial charge in [0.1, 0.15) is 0 Å². The Hall–Kier alpha value is -3.10. The Bertz CT molecular complexity index is 1220. The van der Waals surface area contributed by atoms with Gasteiger partial charge in [-0.1, -0.05) is 29.8 Å². The van der Waals surface area contributed by atoms with E-state index in [1.165, 1.54) is 54.5 Å². The predicted octanol–water partition coefficient (Wildman–Crippen LogP) is 4.56. The average molecular weight is 463 g/mol. The third-order valence-corrected chi connectivity index (χ3v) is 6.06. The van der Waals surface area contributed by atoms with E-state index in [4.69, 9.17) is 16.3 Å². The number of nitrogens with zero attached hydrogens (tertiary/aromatic N) is 1. The minimum Gasteiger partial charge on any atom is -0.494 e. The minimum atomic E-state index is -3.93. The largest absolute Gasteiger partial charge is 0.494 e. The standard InChI is InChI=1S/C22H20ClFN2O4S/c1-26(14-15-9-10-21(30-2)20(24)11-15)22(27)16-5-3-8-19(12-16)31(28,29)25-18-7-4-6-17(23)13-18/h3-13,25H,14H2,1-2H3. The summed E-state index contributed by atoms with van der Waals surface area (Å²) < 4.78 is 46.7. The first-order valence-corrected chi connectivity index (χ1v) is 11.0. The van der Waals surface area contributed by atoms with Gasteiger partial charge in [0.25, 0.3) is 15.9 Å². The molecule has 3 aromatic rings. The van der Waals surface area contributed by atoms with Gasteiger partial charge in [-0.25, -0.2) is 12.8 Å². The normalized spacial score (nSPS) is 11.1. The van der Waals surface area contributed by atoms with E-state index in [0.717, 1.165) is 0 Å². The number of anilines is 1. The second kappa shape index (κ2) is 9.36. The number of hydrogen-bond acceptors (Lipinski definition) is 4. The SMILES string of the molecule is COc1ccc(CN(C)C(=O)c2cccc(S(=O)(=O)Nc3cccc(Cl)c3)c2)cc1F. The molecule has 1 amide bonds. The maximum atomic E-state index is 13.9. The highest BCUT2D eigenvalue weighted by Gasteiger charge is 2.19. The lowest BCUT2D eigenvalue weighted by Gasteiger charge is -2.18. The number of hydrogen-bond donors (Lipinski definition) is 1. The second-order valence-electron chi connectivity index (χ2n) is 6.77. The summed E-state index contributed by atoms with van der Waals surface area (Å²) >= 11 is 5.90. The Morgan fingerprint density at radius 1 is 1.10 bits per heavy atom. The zero-order chi connectivity index (χ0) is 22.6. The van der Waals surface area contributed by atoms with Crippen molar-refractivity contribution in [2.45, 2.75) is 11.4 Å². The minimum absolute atomic E-state index is 0.0674. The molecule has 0 bridgehead atoms. The van der Waals surface area contributed by atoms with Crippen molar-refractivity contribution in [3.63, 3.8) is 0 Å². The Balaban J connectivity index is 1.78. The van der Waals surface area contributed by atoms with Gasteiger partial charge in [-0.05, 0) is 54.1 Å². The number of carbonyl (C=O) groups is 1. The third kappa shape index (κ3) is 5.53. The quantitative estimate of drug-likeness (QED) is 0.558. The van der Waals surface area contributed by atoms with Crippen LogP contribution < -0.4 is 9.46 Å². The van der Waals surface area contributed by atoms with E-state index >= 15 is 0 Å². The first-order valence-electron chi connectivity index (χ1n) is 9.16. The van der Waals surface area contributed by atoms with Gasteiger partial charge in [-0.15, -0.1) is 0 Å². The lowest BCUT2D eigenvalue weighted by Crippen LogP contribution is -2.26. The Kier molecular flexibility index (Phi) is 6.82. The van der Waals surface area contributed by atoms with Crippen LogP contribution in [0.3, 0.4) is 0 Å². The summed E-state index contributed by atoms with van der Waals surface area (Å²) in [6, 6.07) is 16.4. The Morgan fingerprint density at radius 2 is 1.84 bits per heavy atom. The van der Waals surface area contributed by atoms with Crippen LogP contribution in [0.5, 0.6) is 5.75 Å². The number of carbonyl (C=O) groups excluding carboxylic acids is 1. The van der Waals surface area contributed by atoms with Gasteiger partial charge in [0.15, 0.2) is 11.6 Å². The van der Waals surface area contributed by atoms with Gasteiger partial charge in [0.05, 0.1) is 17.7 Å². The van der Waals surface area contributed by atoms with Crippen LogP contribution in [0.1, 0.15) is 15.9 Å². The van der Waals surface area contributed by atoms with Gasteiger partial charge in [0, 0.05) is 24.2 Å². The average Bonchev–Trinajstić information content (AvgIpc) is 2.73. The topological polar surface area (TPSA) is 75.7 Å². The number of methoxy groups -OCH3 is 1. The van der Waals surface area contributed by atoms with Crippen LogP contribution in [-0.4, -0.2) is 33.4 Å². The first-order chi connectivity index (χ1) is 14.7. The van der Waals surface area contributed by atoms with Crippen molar-refractivity contribution in [3.05, 3.63) is 88.7 Å². The van der Waals surface area contributed by atoms with Crippen molar-refractivity contribution in [3.8, 4) is 5.75 Å². The Morgan fingerprint density at radius 3 is 2.52 bits per heavy atom. The van der Waals surface area contributed by atoms with Crippen LogP contribution in [-0.2, 0) is 16.6 Å². The van der Waals surface area contributed by atoms with Crippen LogP contribution in [0.2, 0.25) is 5.02 Å². The van der Waals surface area contributed by atoms with Crippen LogP contribution in [0, 0.1) is 5.82 Å². The second-order valence-corrected chi connectivity index (χ2v) is 8.89. The van der Waals surface area contributed by atoms with Crippen LogP contribution in [0.4, 0.5) is 10.1 Å². The van der Waals surface area contributed by atoms with E-state index < -0.39 is 21.7 Å². The van der Waals surface area contributed by atoms with E-state index in [-0.39, 0.29) is 22.8 Å². The molecular weight excluding hydrogens is 443 g/mol. The summed E-state index contributed by atoms with van der Waals surface area (Å²) in [5.74, 6) is -0.820. The van der Waals surface area contributed by atoms with E-state index in [0.29, 0.717) is 16.3 Å². The maximum absolute atomic E-state index is 13.9. The molecule has 0 aromatic heterocycles. The van der Waals surface area contributed by atoms with Crippen molar-refractivity contribution in [2.75, 3.05) is 18.9 Å². The molecule has 6 nitrogen and oxygen atoms in total. The molecule has 31 heavy (non-hydrogen) atoms. The van der Waals surface area contributed by atoms with Gasteiger partial charge >= 0.3 is 0 Å². The molecule has 0 saturated heterocycles. The highest BCUT2D eigenvalue weighted by atomic mass is 35.5. The van der Waals surface area contributed by atoms with Gasteiger partial charge in [0.2, 0.25) is 0 Å². The van der Waals surface area contributed by atoms with Crippen molar-refractivity contribution >= 4 is 33.2 Å². The molecule has 162 valence electrons. The molecule has 0 aliphatic rings. The molecule has 0 heterocycles. The summed E-state index contributed by atoms with van der Waals surface area (Å²) in [6.07, 6.45) is 0. The molecule has 3 rings (SSSR count). The summed E-state index contributed by atoms with van der Waals surface area (Å²) in [6.45, 7) is 0.136. The fraction of sp³-hybridized carbons (Fsp3) is 0.136. The molecule has 0 aliphatic carbocycles. The molecule has 0 spiro atoms. The zero-order valence-corrected chi connectivity index (χ0v) is 18.4. The zero-order valence-electron chi connectivity index (χ0n) is 16.8. The molecule has 0 fully saturated rings. The van der Waals surface area contributed by atoms with Crippen molar-refractivity contribution in [1.82, 2.24) is 4.90 Å². The molecule has 3 aromatic carbocycles. The molecular formula is C22H20ClFN2O4S. The fourth-order valence-corrected chi connectivity index (χ4v) is 4.22. The number of nitrogens with one attached hydrogen (secondary N) is 1. The van der Waals surface area contributed by atoms with Crippen molar-refractivity contribution < 1.29 is 22.3 Å². The first kappa shape index (κ1) is 22.6. The number of rotatable bonds is 7. The highest BCUT2D eigenvalue weighted by molar-refractivity contribution is 7.92. The summed E-state index contributed by atoms with van der Waals surface area (Å²) in [5, 5.41) is 0.390. The molecule has 0 atom stereocenters. The van der Waals surface area contributed by atoms with E-state index in [9.17, 15) is 17.6 Å². The third-order valence-electron chi connectivity index (χ3n) is 4.45. The smallest absolute Gasteiger partial charge is 0.261 e. The summed E-state index contributed by atoms with van der Waals surface area (Å²) in [4.78, 5) is 14.1. The van der Waals surface area contributed by atoms with Crippen LogP contribution >= 0.6 is 11.6 Å². The van der Waals surface area contributed by atoms with Crippen molar-refractivity contribution in [2.24, 2.45) is 0 Å². The molecule has 0 radical (unpaired) electrons. The van der Waals surface area contributed by atoms with Gasteiger partial charge in [-0.3, -0.25) is 9.52 Å². The lowest BCUT2D eigenvalue weighted by molar-refractivity contribution is 0.0784. The number of halogens is 2. The maximum Gasteiger partial charge on any atom is 0.261 e. The summed E-state index contributed by atoms with van der Waals surface area (Å²) in [5.41, 5.74) is 1.06. The van der Waals surface area contributed by atoms with Gasteiger partial charge in [-0.2, -0.15) is 0 Å². The number of amides is 1. The van der Waals surface area contributed by atoms with E-state index in [2.05, 4.69) is 4.72 Å². The van der Waals surface area contributed by atoms with Gasteiger partial charge < -0.3 is 9.64 Å². The van der Waals surface area contributed by atoms with Crippen LogP contribution in [0.15, 0.2) is 71.6 Å².